The minimum Gasteiger partial charge on any atom is -0.493 e. The van der Waals surface area contributed by atoms with E-state index in [9.17, 15) is 24.5 Å². The average molecular weight is 548 g/mol. The molecule has 0 saturated carbocycles. The van der Waals surface area contributed by atoms with Gasteiger partial charge in [-0.05, 0) is 78.2 Å². The van der Waals surface area contributed by atoms with E-state index in [2.05, 4.69) is 5.32 Å². The van der Waals surface area contributed by atoms with Crippen LogP contribution in [0.3, 0.4) is 0 Å². The Morgan fingerprint density at radius 1 is 1.03 bits per heavy atom. The predicted molar refractivity (Wildman–Crippen MR) is 148 cm³/mol. The van der Waals surface area contributed by atoms with Gasteiger partial charge in [0.15, 0.2) is 18.1 Å². The first-order valence-electron chi connectivity index (χ1n) is 11.8. The van der Waals surface area contributed by atoms with Gasteiger partial charge in [0.1, 0.15) is 0 Å². The molecule has 0 spiro atoms. The van der Waals surface area contributed by atoms with E-state index in [1.807, 2.05) is 32.0 Å². The van der Waals surface area contributed by atoms with E-state index >= 15 is 0 Å². The van der Waals surface area contributed by atoms with E-state index in [1.54, 1.807) is 24.3 Å². The van der Waals surface area contributed by atoms with E-state index in [4.69, 9.17) is 9.47 Å². The normalized spacial score (nSPS) is 14.0. The molecule has 1 aliphatic heterocycles. The molecule has 3 amide bonds. The van der Waals surface area contributed by atoms with Crippen LogP contribution in [0, 0.1) is 24.0 Å². The summed E-state index contributed by atoms with van der Waals surface area (Å²) in [5, 5.41) is 13.2. The molecule has 0 unspecified atom stereocenters. The number of hydrogen-bond donors (Lipinski definition) is 1. The third-order valence-electron chi connectivity index (χ3n) is 6.00. The first-order chi connectivity index (χ1) is 18.6. The molecule has 0 bridgehead atoms. The van der Waals surface area contributed by atoms with Crippen LogP contribution in [0.25, 0.3) is 6.08 Å². The Balaban J connectivity index is 1.40. The molecule has 4 rings (SSSR count). The van der Waals surface area contributed by atoms with E-state index in [0.29, 0.717) is 28.3 Å². The van der Waals surface area contributed by atoms with Crippen molar-refractivity contribution in [1.82, 2.24) is 4.90 Å². The molecule has 3 aromatic carbocycles. The molecular formula is C28H25N3O7S. The Morgan fingerprint density at radius 3 is 2.44 bits per heavy atom. The summed E-state index contributed by atoms with van der Waals surface area (Å²) in [7, 11) is 1.46. The van der Waals surface area contributed by atoms with Gasteiger partial charge in [0.05, 0.1) is 23.5 Å². The van der Waals surface area contributed by atoms with Crippen LogP contribution >= 0.6 is 11.8 Å². The summed E-state index contributed by atoms with van der Waals surface area (Å²) in [6.45, 7) is 3.73. The predicted octanol–water partition coefficient (Wildman–Crippen LogP) is 5.47. The number of methoxy groups -OCH3 is 1. The van der Waals surface area contributed by atoms with Gasteiger partial charge in [-0.2, -0.15) is 0 Å². The van der Waals surface area contributed by atoms with Gasteiger partial charge < -0.3 is 14.8 Å². The molecule has 0 aromatic heterocycles. The highest BCUT2D eigenvalue weighted by Gasteiger charge is 2.35. The lowest BCUT2D eigenvalue weighted by Crippen LogP contribution is -2.27. The van der Waals surface area contributed by atoms with Gasteiger partial charge in [-0.15, -0.1) is 0 Å². The summed E-state index contributed by atoms with van der Waals surface area (Å²) >= 11 is 0.804. The monoisotopic (exact) mass is 547 g/mol. The van der Waals surface area contributed by atoms with Crippen molar-refractivity contribution in [3.05, 3.63) is 97.9 Å². The van der Waals surface area contributed by atoms with Crippen LogP contribution in [0.5, 0.6) is 11.5 Å². The molecule has 0 radical (unpaired) electrons. The minimum atomic E-state index is -0.516. The van der Waals surface area contributed by atoms with Gasteiger partial charge in [0.2, 0.25) is 0 Å². The van der Waals surface area contributed by atoms with E-state index in [-0.39, 0.29) is 29.7 Å². The Bertz CT molecular complexity index is 1480. The number of nitrogens with one attached hydrogen (secondary N) is 1. The van der Waals surface area contributed by atoms with Gasteiger partial charge >= 0.3 is 0 Å². The minimum absolute atomic E-state index is 0.000318. The topological polar surface area (TPSA) is 128 Å². The zero-order valence-electron chi connectivity index (χ0n) is 21.4. The van der Waals surface area contributed by atoms with Crippen molar-refractivity contribution in [2.45, 2.75) is 20.4 Å². The number of benzene rings is 3. The van der Waals surface area contributed by atoms with Gasteiger partial charge in [-0.3, -0.25) is 29.4 Å². The van der Waals surface area contributed by atoms with Crippen LogP contribution in [0.4, 0.5) is 16.2 Å². The summed E-state index contributed by atoms with van der Waals surface area (Å²) in [5.41, 5.74) is 3.99. The summed E-state index contributed by atoms with van der Waals surface area (Å²) in [6, 6.07) is 16.3. The second-order valence-electron chi connectivity index (χ2n) is 8.74. The molecule has 0 atom stereocenters. The Kier molecular flexibility index (Phi) is 8.30. The van der Waals surface area contributed by atoms with E-state index in [0.717, 1.165) is 27.8 Å². The fourth-order valence-electron chi connectivity index (χ4n) is 3.75. The standard InChI is InChI=1S/C28H25N3O7S/c1-17-4-8-21(12-18(17)2)29-26(32)16-38-23-11-7-20(13-24(23)37-3)14-25-27(33)30(28(34)39-25)15-19-5-9-22(10-6-19)31(35)36/h4-14H,15-16H2,1-3H3,(H,29,32)/b25-14+. The van der Waals surface area contributed by atoms with Crippen molar-refractivity contribution >= 4 is 46.3 Å². The second kappa shape index (κ2) is 11.8. The lowest BCUT2D eigenvalue weighted by molar-refractivity contribution is -0.384. The number of nitro groups is 1. The SMILES string of the molecule is COc1cc(/C=C2/SC(=O)N(Cc3ccc([N+](=O)[O-])cc3)C2=O)ccc1OCC(=O)Nc1ccc(C)c(C)c1. The maximum atomic E-state index is 12.9. The molecule has 39 heavy (non-hydrogen) atoms. The molecule has 11 heteroatoms. The smallest absolute Gasteiger partial charge is 0.293 e. The molecule has 3 aromatic rings. The zero-order valence-corrected chi connectivity index (χ0v) is 22.2. The Hall–Kier alpha value is -4.64. The van der Waals surface area contributed by atoms with Crippen LogP contribution in [-0.2, 0) is 16.1 Å². The Morgan fingerprint density at radius 2 is 1.77 bits per heavy atom. The molecule has 1 heterocycles. The molecular weight excluding hydrogens is 522 g/mol. The summed E-state index contributed by atoms with van der Waals surface area (Å²) in [4.78, 5) is 49.4. The molecule has 1 aliphatic rings. The van der Waals surface area contributed by atoms with Crippen LogP contribution in [-0.4, -0.2) is 40.6 Å². The van der Waals surface area contributed by atoms with Crippen molar-refractivity contribution in [3.63, 3.8) is 0 Å². The first kappa shape index (κ1) is 27.4. The van der Waals surface area contributed by atoms with Crippen LogP contribution < -0.4 is 14.8 Å². The molecule has 200 valence electrons. The molecule has 1 fully saturated rings. The van der Waals surface area contributed by atoms with Crippen molar-refractivity contribution in [2.24, 2.45) is 0 Å². The summed E-state index contributed by atoms with van der Waals surface area (Å²) in [6.07, 6.45) is 1.57. The number of imide groups is 1. The maximum absolute atomic E-state index is 12.9. The van der Waals surface area contributed by atoms with Crippen LogP contribution in [0.1, 0.15) is 22.3 Å². The molecule has 1 N–H and O–H groups in total. The maximum Gasteiger partial charge on any atom is 0.293 e. The molecule has 10 nitrogen and oxygen atoms in total. The fraction of sp³-hybridized carbons (Fsp3) is 0.179. The number of amides is 3. The van der Waals surface area contributed by atoms with Crippen LogP contribution in [0.15, 0.2) is 65.6 Å². The van der Waals surface area contributed by atoms with Gasteiger partial charge in [0.25, 0.3) is 22.7 Å². The number of rotatable bonds is 9. The van der Waals surface area contributed by atoms with Crippen molar-refractivity contribution in [2.75, 3.05) is 19.0 Å². The molecule has 1 saturated heterocycles. The van der Waals surface area contributed by atoms with Gasteiger partial charge in [-0.25, -0.2) is 0 Å². The third-order valence-corrected chi connectivity index (χ3v) is 6.90. The van der Waals surface area contributed by atoms with E-state index in [1.165, 1.54) is 31.4 Å². The quantitative estimate of drug-likeness (QED) is 0.212. The van der Waals surface area contributed by atoms with Crippen molar-refractivity contribution in [3.8, 4) is 11.5 Å². The van der Waals surface area contributed by atoms with Gasteiger partial charge in [-0.1, -0.05) is 24.3 Å². The van der Waals surface area contributed by atoms with Crippen molar-refractivity contribution in [1.29, 1.82) is 0 Å². The van der Waals surface area contributed by atoms with E-state index < -0.39 is 16.1 Å². The van der Waals surface area contributed by atoms with Gasteiger partial charge in [0, 0.05) is 17.8 Å². The largest absolute Gasteiger partial charge is 0.493 e. The third kappa shape index (κ3) is 6.63. The number of thioether (sulfide) groups is 1. The first-order valence-corrected chi connectivity index (χ1v) is 12.6. The van der Waals surface area contributed by atoms with Crippen LogP contribution in [0.2, 0.25) is 0 Å². The summed E-state index contributed by atoms with van der Waals surface area (Å²) < 4.78 is 11.1. The second-order valence-corrected chi connectivity index (χ2v) is 9.73. The lowest BCUT2D eigenvalue weighted by Gasteiger charge is -2.13. The highest BCUT2D eigenvalue weighted by atomic mass is 32.2. The zero-order chi connectivity index (χ0) is 28.1. The number of nitro benzene ring substituents is 1. The highest BCUT2D eigenvalue weighted by Crippen LogP contribution is 2.35. The number of aryl methyl sites for hydroxylation is 2. The van der Waals surface area contributed by atoms with Crippen molar-refractivity contribution < 1.29 is 28.8 Å². The molecule has 0 aliphatic carbocycles. The fourth-order valence-corrected chi connectivity index (χ4v) is 4.58. The number of non-ortho nitro benzene ring substituents is 1. The number of carbonyl (C=O) groups is 3. The number of carbonyl (C=O) groups excluding carboxylic acids is 3. The number of hydrogen-bond acceptors (Lipinski definition) is 8. The number of ether oxygens (including phenoxy) is 2. The average Bonchev–Trinajstić information content (AvgIpc) is 3.17. The summed E-state index contributed by atoms with van der Waals surface area (Å²) in [5.74, 6) is -0.0965. The Labute approximate surface area is 228 Å². The number of nitrogens with zero attached hydrogens (tertiary/aromatic N) is 2. The number of anilines is 1. The highest BCUT2D eigenvalue weighted by molar-refractivity contribution is 8.18. The lowest BCUT2D eigenvalue weighted by atomic mass is 10.1.